The molecule has 0 saturated carbocycles. The van der Waals surface area contributed by atoms with Crippen LogP contribution in [0.3, 0.4) is 0 Å². The number of aliphatic hydroxyl groups excluding tert-OH is 1. The van der Waals surface area contributed by atoms with Gasteiger partial charge in [-0.05, 0) is 113 Å². The molecule has 2 aromatic heterocycles. The Bertz CT molecular complexity index is 2240. The second kappa shape index (κ2) is 19.8. The molecule has 0 aliphatic rings. The highest BCUT2D eigenvalue weighted by molar-refractivity contribution is 5.95. The number of hydrogen-bond donors (Lipinski definition) is 2. The summed E-state index contributed by atoms with van der Waals surface area (Å²) in [6.45, 7) is 8.32. The van der Waals surface area contributed by atoms with E-state index in [1.165, 1.54) is 7.11 Å². The number of nitrogens with zero attached hydrogens (tertiary/aromatic N) is 6. The molecule has 0 spiro atoms. The molecule has 0 amide bonds. The number of anilines is 2. The summed E-state index contributed by atoms with van der Waals surface area (Å²) in [6.07, 6.45) is 0. The molecule has 2 heterocycles. The fourth-order valence-corrected chi connectivity index (χ4v) is 5.33. The minimum Gasteiger partial charge on any atom is -0.497 e. The third-order valence-electron chi connectivity index (χ3n) is 8.90. The van der Waals surface area contributed by atoms with Gasteiger partial charge in [0, 0.05) is 44.4 Å². The van der Waals surface area contributed by atoms with Crippen molar-refractivity contribution in [3.63, 3.8) is 0 Å². The molecule has 0 unspecified atom stereocenters. The number of fused-ring (bicyclic) bond motifs is 2. The molecule has 0 aliphatic carbocycles. The SMILES string of the molecule is C.CO.COC(=O)c1ccc2nc(-c3ccc(OC)cc3)c(N(C)C(C)C)nc2c1.COc1ccc(-c2nc3ccc(C(=O)O)cc3nc2N(C)C(C)C)cc1. The number of esters is 1. The van der Waals surface area contributed by atoms with Crippen molar-refractivity contribution >= 4 is 45.6 Å². The Kier molecular flexibility index (Phi) is 15.6. The van der Waals surface area contributed by atoms with E-state index in [1.54, 1.807) is 50.6 Å². The smallest absolute Gasteiger partial charge is 0.337 e. The van der Waals surface area contributed by atoms with Gasteiger partial charge in [-0.1, -0.05) is 7.43 Å². The van der Waals surface area contributed by atoms with Crippen LogP contribution in [0.25, 0.3) is 44.6 Å². The van der Waals surface area contributed by atoms with Crippen LogP contribution in [0.2, 0.25) is 0 Å². The van der Waals surface area contributed by atoms with Crippen molar-refractivity contribution in [3.05, 3.63) is 96.1 Å². The van der Waals surface area contributed by atoms with Crippen LogP contribution in [0.1, 0.15) is 55.8 Å². The molecule has 0 atom stereocenters. The number of rotatable bonds is 10. The number of carbonyl (C=O) groups excluding carboxylic acids is 1. The highest BCUT2D eigenvalue weighted by Gasteiger charge is 2.20. The molecule has 0 fully saturated rings. The topological polar surface area (TPSA) is 160 Å². The van der Waals surface area contributed by atoms with E-state index >= 15 is 0 Å². The highest BCUT2D eigenvalue weighted by atomic mass is 16.5. The number of ether oxygens (including phenoxy) is 3. The van der Waals surface area contributed by atoms with Crippen LogP contribution in [-0.4, -0.2) is 96.7 Å². The fraction of sp³-hybridized carbons (Fsp3) is 0.302. The quantitative estimate of drug-likeness (QED) is 0.129. The molecular formula is C43H52N6O7. The Labute approximate surface area is 328 Å². The Hall–Kier alpha value is -6.34. The maximum Gasteiger partial charge on any atom is 0.337 e. The zero-order valence-electron chi connectivity index (χ0n) is 32.9. The van der Waals surface area contributed by atoms with E-state index in [1.807, 2.05) is 67.5 Å². The van der Waals surface area contributed by atoms with E-state index in [4.69, 9.17) is 39.3 Å². The van der Waals surface area contributed by atoms with Gasteiger partial charge in [0.15, 0.2) is 11.6 Å². The lowest BCUT2D eigenvalue weighted by atomic mass is 10.1. The number of carbonyl (C=O) groups is 2. The summed E-state index contributed by atoms with van der Waals surface area (Å²) in [5.74, 6) is 1.65. The van der Waals surface area contributed by atoms with Crippen LogP contribution in [0.15, 0.2) is 84.9 Å². The van der Waals surface area contributed by atoms with Crippen molar-refractivity contribution in [2.45, 2.75) is 47.2 Å². The molecule has 0 bridgehead atoms. The number of aliphatic hydroxyl groups is 1. The van der Waals surface area contributed by atoms with Crippen LogP contribution >= 0.6 is 0 Å². The summed E-state index contributed by atoms with van der Waals surface area (Å²) in [6, 6.07) is 25.8. The first-order chi connectivity index (χ1) is 26.3. The lowest BCUT2D eigenvalue weighted by molar-refractivity contribution is 0.0600. The van der Waals surface area contributed by atoms with Gasteiger partial charge in [0.05, 0.1) is 54.5 Å². The molecule has 2 N–H and O–H groups in total. The second-order valence-electron chi connectivity index (χ2n) is 12.9. The van der Waals surface area contributed by atoms with Gasteiger partial charge in [0.25, 0.3) is 0 Å². The van der Waals surface area contributed by atoms with Crippen LogP contribution < -0.4 is 19.3 Å². The van der Waals surface area contributed by atoms with E-state index in [9.17, 15) is 14.7 Å². The molecule has 0 radical (unpaired) electrons. The van der Waals surface area contributed by atoms with E-state index in [2.05, 4.69) is 32.6 Å². The van der Waals surface area contributed by atoms with Crippen molar-refractivity contribution in [3.8, 4) is 34.0 Å². The predicted molar refractivity (Wildman–Crippen MR) is 223 cm³/mol. The number of carboxylic acid groups (broad SMARTS) is 1. The molecular weight excluding hydrogens is 713 g/mol. The number of aromatic nitrogens is 4. The van der Waals surface area contributed by atoms with E-state index < -0.39 is 11.9 Å². The van der Waals surface area contributed by atoms with Gasteiger partial charge in [-0.25, -0.2) is 29.5 Å². The Morgan fingerprint density at radius 3 is 1.29 bits per heavy atom. The maximum atomic E-state index is 11.8. The molecule has 6 rings (SSSR count). The highest BCUT2D eigenvalue weighted by Crippen LogP contribution is 2.33. The second-order valence-corrected chi connectivity index (χ2v) is 12.9. The maximum absolute atomic E-state index is 11.8. The summed E-state index contributed by atoms with van der Waals surface area (Å²) in [5.41, 5.74) is 6.64. The predicted octanol–water partition coefficient (Wildman–Crippen LogP) is 8.03. The van der Waals surface area contributed by atoms with Crippen molar-refractivity contribution in [2.75, 3.05) is 52.3 Å². The first-order valence-corrected chi connectivity index (χ1v) is 17.5. The van der Waals surface area contributed by atoms with E-state index in [0.29, 0.717) is 27.9 Å². The summed E-state index contributed by atoms with van der Waals surface area (Å²) >= 11 is 0. The van der Waals surface area contributed by atoms with Crippen LogP contribution in [-0.2, 0) is 4.74 Å². The first-order valence-electron chi connectivity index (χ1n) is 17.5. The molecule has 4 aromatic carbocycles. The molecule has 56 heavy (non-hydrogen) atoms. The Morgan fingerprint density at radius 1 is 0.571 bits per heavy atom. The van der Waals surface area contributed by atoms with Crippen LogP contribution in [0.5, 0.6) is 11.5 Å². The number of aromatic carboxylic acids is 1. The Morgan fingerprint density at radius 2 is 0.946 bits per heavy atom. The normalized spacial score (nSPS) is 10.4. The summed E-state index contributed by atoms with van der Waals surface area (Å²) in [4.78, 5) is 46.3. The monoisotopic (exact) mass is 764 g/mol. The Balaban J connectivity index is 0.000000283. The summed E-state index contributed by atoms with van der Waals surface area (Å²) in [7, 11) is 9.57. The van der Waals surface area contributed by atoms with Crippen molar-refractivity contribution in [1.82, 2.24) is 19.9 Å². The molecule has 0 aliphatic heterocycles. The van der Waals surface area contributed by atoms with E-state index in [-0.39, 0.29) is 25.1 Å². The third-order valence-corrected chi connectivity index (χ3v) is 8.90. The minimum absolute atomic E-state index is 0. The molecule has 13 heteroatoms. The number of hydrogen-bond acceptors (Lipinski definition) is 12. The number of benzene rings is 4. The summed E-state index contributed by atoms with van der Waals surface area (Å²) in [5, 5.41) is 16.2. The zero-order chi connectivity index (χ0) is 40.4. The summed E-state index contributed by atoms with van der Waals surface area (Å²) < 4.78 is 15.3. The van der Waals surface area contributed by atoms with Gasteiger partial charge in [-0.15, -0.1) is 0 Å². The van der Waals surface area contributed by atoms with Gasteiger partial charge in [-0.2, -0.15) is 0 Å². The van der Waals surface area contributed by atoms with Gasteiger partial charge in [-0.3, -0.25) is 0 Å². The van der Waals surface area contributed by atoms with Crippen LogP contribution in [0.4, 0.5) is 11.6 Å². The molecule has 0 saturated heterocycles. The number of methoxy groups -OCH3 is 3. The van der Waals surface area contributed by atoms with Crippen molar-refractivity contribution < 1.29 is 34.0 Å². The average molecular weight is 765 g/mol. The minimum atomic E-state index is -0.980. The fourth-order valence-electron chi connectivity index (χ4n) is 5.33. The molecule has 13 nitrogen and oxygen atoms in total. The molecule has 296 valence electrons. The van der Waals surface area contributed by atoms with Gasteiger partial charge in [0.2, 0.25) is 0 Å². The van der Waals surface area contributed by atoms with E-state index in [0.717, 1.165) is 52.5 Å². The standard InChI is InChI=1S/C21H23N3O3.C20H21N3O3.CH4O.CH4/c1-13(2)24(3)20-19(14-6-9-16(26-4)10-7-14)22-17-11-8-15(21(25)27-5)12-18(17)23-20;1-12(2)23(3)19-18(13-5-8-15(26-4)9-6-13)21-16-10-7-14(20(24)25)11-17(16)22-19;1-2;/h6-13H,1-5H3;5-12H,1-4H3,(H,24,25);2H,1H3;1H4. The average Bonchev–Trinajstić information content (AvgIpc) is 3.22. The number of carboxylic acids is 1. The third kappa shape index (κ3) is 10.0. The van der Waals surface area contributed by atoms with Crippen molar-refractivity contribution in [2.24, 2.45) is 0 Å². The zero-order valence-corrected chi connectivity index (χ0v) is 32.9. The molecule has 6 aromatic rings. The lowest BCUT2D eigenvalue weighted by Crippen LogP contribution is -2.27. The van der Waals surface area contributed by atoms with Gasteiger partial charge >= 0.3 is 11.9 Å². The van der Waals surface area contributed by atoms with Gasteiger partial charge in [0.1, 0.15) is 22.9 Å². The van der Waals surface area contributed by atoms with Crippen LogP contribution in [0, 0.1) is 0 Å². The van der Waals surface area contributed by atoms with Gasteiger partial charge < -0.3 is 34.2 Å². The first kappa shape index (κ1) is 44.1. The largest absolute Gasteiger partial charge is 0.497 e. The van der Waals surface area contributed by atoms with Crippen molar-refractivity contribution in [1.29, 1.82) is 0 Å². The lowest BCUT2D eigenvalue weighted by Gasteiger charge is -2.25.